The Morgan fingerprint density at radius 1 is 1.25 bits per heavy atom. The van der Waals surface area contributed by atoms with Gasteiger partial charge in [0.2, 0.25) is 0 Å². The molecular weight excluding hydrogens is 291 g/mol. The lowest BCUT2D eigenvalue weighted by molar-refractivity contribution is 0.0599. The smallest absolute Gasteiger partial charge is 0.260 e. The first-order chi connectivity index (χ1) is 9.54. The second-order valence-corrected chi connectivity index (χ2v) is 5.25. The van der Waals surface area contributed by atoms with E-state index in [1.807, 2.05) is 0 Å². The first-order valence-electron chi connectivity index (χ1n) is 6.56. The number of hydrogen-bond acceptors (Lipinski definition) is 1. The van der Waals surface area contributed by atoms with Crippen molar-refractivity contribution in [3.8, 4) is 0 Å². The standard InChI is InChI=1S/C14H15ClF3NO/c15-5-4-10-3-1-2-6-19(10)14(20)13-11(17)7-9(16)8-12(13)18/h7-8,10H,1-6H2. The molecule has 1 aliphatic heterocycles. The van der Waals surface area contributed by atoms with Crippen molar-refractivity contribution in [3.05, 3.63) is 35.1 Å². The molecule has 1 heterocycles. The van der Waals surface area contributed by atoms with Crippen molar-refractivity contribution < 1.29 is 18.0 Å². The zero-order valence-electron chi connectivity index (χ0n) is 10.8. The molecular formula is C14H15ClF3NO. The number of rotatable bonds is 3. The van der Waals surface area contributed by atoms with Gasteiger partial charge in [0, 0.05) is 30.6 Å². The molecule has 1 saturated heterocycles. The van der Waals surface area contributed by atoms with Crippen molar-refractivity contribution >= 4 is 17.5 Å². The molecule has 1 aromatic rings. The maximum atomic E-state index is 13.7. The van der Waals surface area contributed by atoms with Crippen molar-refractivity contribution in [3.63, 3.8) is 0 Å². The normalized spacial score (nSPS) is 19.2. The molecule has 1 aliphatic rings. The van der Waals surface area contributed by atoms with E-state index in [9.17, 15) is 18.0 Å². The average molecular weight is 306 g/mol. The van der Waals surface area contributed by atoms with Crippen LogP contribution in [0.15, 0.2) is 12.1 Å². The zero-order chi connectivity index (χ0) is 14.7. The highest BCUT2D eigenvalue weighted by molar-refractivity contribution is 6.17. The minimum atomic E-state index is -1.16. The predicted molar refractivity (Wildman–Crippen MR) is 70.3 cm³/mol. The summed E-state index contributed by atoms with van der Waals surface area (Å²) in [5.41, 5.74) is -0.687. The molecule has 110 valence electrons. The fourth-order valence-electron chi connectivity index (χ4n) is 2.58. The van der Waals surface area contributed by atoms with Crippen LogP contribution >= 0.6 is 11.6 Å². The molecule has 0 aliphatic carbocycles. The van der Waals surface area contributed by atoms with Crippen LogP contribution in [0.5, 0.6) is 0 Å². The second-order valence-electron chi connectivity index (χ2n) is 4.87. The van der Waals surface area contributed by atoms with Crippen LogP contribution in [0.1, 0.15) is 36.0 Å². The lowest BCUT2D eigenvalue weighted by Gasteiger charge is -2.35. The number of carbonyl (C=O) groups excluding carboxylic acids is 1. The van der Waals surface area contributed by atoms with E-state index in [0.717, 1.165) is 19.3 Å². The highest BCUT2D eigenvalue weighted by atomic mass is 35.5. The predicted octanol–water partition coefficient (Wildman–Crippen LogP) is 3.73. The number of amides is 1. The summed E-state index contributed by atoms with van der Waals surface area (Å²) in [6, 6.07) is 0.936. The van der Waals surface area contributed by atoms with Crippen LogP contribution in [-0.4, -0.2) is 29.3 Å². The summed E-state index contributed by atoms with van der Waals surface area (Å²) in [6.45, 7) is 0.441. The van der Waals surface area contributed by atoms with Crippen LogP contribution < -0.4 is 0 Å². The van der Waals surface area contributed by atoms with E-state index in [2.05, 4.69) is 0 Å². The summed E-state index contributed by atoms with van der Waals surface area (Å²) < 4.78 is 40.2. The molecule has 0 N–H and O–H groups in total. The van der Waals surface area contributed by atoms with Gasteiger partial charge in [0.05, 0.1) is 0 Å². The van der Waals surface area contributed by atoms with Gasteiger partial charge in [0.25, 0.3) is 5.91 Å². The molecule has 1 unspecified atom stereocenters. The van der Waals surface area contributed by atoms with E-state index >= 15 is 0 Å². The Hall–Kier alpha value is -1.23. The molecule has 1 fully saturated rings. The van der Waals surface area contributed by atoms with Gasteiger partial charge >= 0.3 is 0 Å². The van der Waals surface area contributed by atoms with Crippen molar-refractivity contribution in [2.75, 3.05) is 12.4 Å². The lowest BCUT2D eigenvalue weighted by atomic mass is 9.98. The minimum absolute atomic E-state index is 0.113. The topological polar surface area (TPSA) is 20.3 Å². The fraction of sp³-hybridized carbons (Fsp3) is 0.500. The number of nitrogens with zero attached hydrogens (tertiary/aromatic N) is 1. The van der Waals surface area contributed by atoms with Crippen molar-refractivity contribution in [1.29, 1.82) is 0 Å². The van der Waals surface area contributed by atoms with Gasteiger partial charge < -0.3 is 4.90 Å². The molecule has 6 heteroatoms. The second kappa shape index (κ2) is 6.48. The molecule has 1 aromatic carbocycles. The van der Waals surface area contributed by atoms with E-state index in [-0.39, 0.29) is 6.04 Å². The van der Waals surface area contributed by atoms with Crippen molar-refractivity contribution in [1.82, 2.24) is 4.90 Å². The van der Waals surface area contributed by atoms with Gasteiger partial charge in [-0.15, -0.1) is 11.6 Å². The van der Waals surface area contributed by atoms with Gasteiger partial charge in [-0.2, -0.15) is 0 Å². The van der Waals surface area contributed by atoms with Gasteiger partial charge in [0.15, 0.2) is 0 Å². The molecule has 1 amide bonds. The third kappa shape index (κ3) is 3.08. The van der Waals surface area contributed by atoms with E-state index in [1.54, 1.807) is 0 Å². The first-order valence-corrected chi connectivity index (χ1v) is 7.09. The fourth-order valence-corrected chi connectivity index (χ4v) is 2.84. The Bertz CT molecular complexity index is 484. The number of carbonyl (C=O) groups is 1. The summed E-state index contributed by atoms with van der Waals surface area (Å²) in [5, 5.41) is 0. The number of halogens is 4. The molecule has 0 spiro atoms. The monoisotopic (exact) mass is 305 g/mol. The van der Waals surface area contributed by atoms with Gasteiger partial charge in [-0.1, -0.05) is 0 Å². The van der Waals surface area contributed by atoms with Crippen LogP contribution in [0.25, 0.3) is 0 Å². The lowest BCUT2D eigenvalue weighted by Crippen LogP contribution is -2.44. The molecule has 0 saturated carbocycles. The van der Waals surface area contributed by atoms with Gasteiger partial charge in [-0.3, -0.25) is 4.79 Å². The summed E-state index contributed by atoms with van der Waals surface area (Å²) in [4.78, 5) is 13.8. The largest absolute Gasteiger partial charge is 0.335 e. The van der Waals surface area contributed by atoms with Crippen LogP contribution in [0.4, 0.5) is 13.2 Å². The Morgan fingerprint density at radius 2 is 1.90 bits per heavy atom. The highest BCUT2D eigenvalue weighted by Crippen LogP contribution is 2.25. The quantitative estimate of drug-likeness (QED) is 0.779. The number of likely N-dealkylation sites (tertiary alicyclic amines) is 1. The summed E-state index contributed by atoms with van der Waals surface area (Å²) in [7, 11) is 0. The summed E-state index contributed by atoms with van der Waals surface area (Å²) in [5.74, 6) is -3.71. The molecule has 2 nitrogen and oxygen atoms in total. The third-order valence-corrected chi connectivity index (χ3v) is 3.77. The van der Waals surface area contributed by atoms with Gasteiger partial charge in [-0.05, 0) is 25.7 Å². The van der Waals surface area contributed by atoms with E-state index < -0.39 is 28.9 Å². The Balaban J connectivity index is 2.30. The van der Waals surface area contributed by atoms with E-state index in [1.165, 1.54) is 4.90 Å². The van der Waals surface area contributed by atoms with Gasteiger partial charge in [-0.25, -0.2) is 13.2 Å². The highest BCUT2D eigenvalue weighted by Gasteiger charge is 2.30. The summed E-state index contributed by atoms with van der Waals surface area (Å²) >= 11 is 5.70. The Labute approximate surface area is 120 Å². The van der Waals surface area contributed by atoms with Crippen LogP contribution in [0.2, 0.25) is 0 Å². The Morgan fingerprint density at radius 3 is 2.50 bits per heavy atom. The van der Waals surface area contributed by atoms with Gasteiger partial charge in [0.1, 0.15) is 23.0 Å². The van der Waals surface area contributed by atoms with Crippen molar-refractivity contribution in [2.45, 2.75) is 31.7 Å². The number of hydrogen-bond donors (Lipinski definition) is 0. The average Bonchev–Trinajstić information content (AvgIpc) is 2.38. The van der Waals surface area contributed by atoms with Crippen LogP contribution in [0.3, 0.4) is 0 Å². The minimum Gasteiger partial charge on any atom is -0.335 e. The van der Waals surface area contributed by atoms with E-state index in [4.69, 9.17) is 11.6 Å². The van der Waals surface area contributed by atoms with E-state index in [0.29, 0.717) is 31.0 Å². The molecule has 0 aromatic heterocycles. The van der Waals surface area contributed by atoms with Crippen LogP contribution in [-0.2, 0) is 0 Å². The maximum absolute atomic E-state index is 13.7. The molecule has 1 atom stereocenters. The third-order valence-electron chi connectivity index (χ3n) is 3.55. The number of benzene rings is 1. The SMILES string of the molecule is O=C(c1c(F)cc(F)cc1F)N1CCCCC1CCCl. The molecule has 20 heavy (non-hydrogen) atoms. The Kier molecular flexibility index (Phi) is 4.91. The molecule has 0 bridgehead atoms. The molecule has 2 rings (SSSR count). The zero-order valence-corrected chi connectivity index (χ0v) is 11.6. The van der Waals surface area contributed by atoms with Crippen molar-refractivity contribution in [2.24, 2.45) is 0 Å². The number of piperidine rings is 1. The van der Waals surface area contributed by atoms with Crippen LogP contribution in [0, 0.1) is 17.5 Å². The molecule has 0 radical (unpaired) electrons. The first kappa shape index (κ1) is 15.2. The summed E-state index contributed by atoms with van der Waals surface area (Å²) in [6.07, 6.45) is 3.09. The maximum Gasteiger partial charge on any atom is 0.260 e. The number of alkyl halides is 1.